The number of ether oxygens (including phenoxy) is 1. The van der Waals surface area contributed by atoms with E-state index in [1.165, 1.54) is 13.8 Å². The average Bonchev–Trinajstić information content (AvgIpc) is 2.97. The minimum atomic E-state index is -1.24. The summed E-state index contributed by atoms with van der Waals surface area (Å²) in [6, 6.07) is 6.91. The molecule has 146 valence electrons. The zero-order valence-electron chi connectivity index (χ0n) is 15.1. The summed E-state index contributed by atoms with van der Waals surface area (Å²) in [5.41, 5.74) is 7.67. The highest BCUT2D eigenvalue weighted by atomic mass is 16.6. The molecule has 2 rings (SSSR count). The summed E-state index contributed by atoms with van der Waals surface area (Å²) in [4.78, 5) is 34.5. The molecule has 0 aliphatic rings. The first kappa shape index (κ1) is 21.7. The van der Waals surface area contributed by atoms with Gasteiger partial charge in [0.05, 0.1) is 0 Å². The van der Waals surface area contributed by atoms with Crippen molar-refractivity contribution in [2.45, 2.75) is 32.5 Å². The Morgan fingerprint density at radius 2 is 1.93 bits per heavy atom. The maximum Gasteiger partial charge on any atom is 0.407 e. The van der Waals surface area contributed by atoms with Gasteiger partial charge in [-0.05, 0) is 25.5 Å². The fourth-order valence-corrected chi connectivity index (χ4v) is 2.09. The molecule has 9 nitrogen and oxygen atoms in total. The van der Waals surface area contributed by atoms with Crippen LogP contribution in [-0.4, -0.2) is 45.5 Å². The van der Waals surface area contributed by atoms with Gasteiger partial charge in [0, 0.05) is 29.1 Å². The molecule has 1 aromatic heterocycles. The van der Waals surface area contributed by atoms with Crippen LogP contribution in [0.25, 0.3) is 10.9 Å². The first-order valence-corrected chi connectivity index (χ1v) is 8.01. The Morgan fingerprint density at radius 3 is 2.48 bits per heavy atom. The number of carboxylic acid groups (broad SMARTS) is 2. The van der Waals surface area contributed by atoms with E-state index in [1.54, 1.807) is 0 Å². The summed E-state index contributed by atoms with van der Waals surface area (Å²) in [7, 11) is 0. The molecular formula is C18H23N3O6. The molecule has 9 heteroatoms. The molecule has 0 radical (unpaired) electrons. The molecule has 0 bridgehead atoms. The lowest BCUT2D eigenvalue weighted by molar-refractivity contribution is -0.144. The molecule has 0 saturated carbocycles. The standard InChI is InChI=1S/C11H12N2O2.C7H11NO4/c12-9(11(14)15)5-7-6-13-10-4-2-1-3-8(7)10;1-4(2)6(9)12-5(3)8-7(10)11/h1-4,6,9,13H,5,12H2,(H,14,15);5,8H,1H2,2-3H3,(H,10,11). The number of rotatable bonds is 6. The number of carbonyl (C=O) groups is 3. The number of fused-ring (bicyclic) bond motifs is 1. The second kappa shape index (κ2) is 9.97. The zero-order chi connectivity index (χ0) is 20.6. The second-order valence-corrected chi connectivity index (χ2v) is 5.79. The molecule has 2 atom stereocenters. The Labute approximate surface area is 155 Å². The Balaban J connectivity index is 0.000000279. The van der Waals surface area contributed by atoms with Gasteiger partial charge < -0.3 is 25.7 Å². The SMILES string of the molecule is C=C(C)C(=O)OC(C)NC(=O)O.NC(Cc1c[nH]c2ccccc12)C(=O)O. The smallest absolute Gasteiger partial charge is 0.407 e. The number of para-hydroxylation sites is 1. The Kier molecular flexibility index (Phi) is 8.02. The molecule has 2 aromatic rings. The van der Waals surface area contributed by atoms with Crippen LogP contribution in [0.15, 0.2) is 42.6 Å². The summed E-state index contributed by atoms with van der Waals surface area (Å²) >= 11 is 0. The molecule has 0 spiro atoms. The number of nitrogens with one attached hydrogen (secondary N) is 2. The van der Waals surface area contributed by atoms with Crippen LogP contribution in [0.3, 0.4) is 0 Å². The van der Waals surface area contributed by atoms with Crippen molar-refractivity contribution in [2.75, 3.05) is 0 Å². The summed E-state index contributed by atoms with van der Waals surface area (Å²) in [6.07, 6.45) is 0.0658. The van der Waals surface area contributed by atoms with Crippen LogP contribution in [0.2, 0.25) is 0 Å². The number of aliphatic carboxylic acids is 1. The van der Waals surface area contributed by atoms with Gasteiger partial charge >= 0.3 is 18.0 Å². The summed E-state index contributed by atoms with van der Waals surface area (Å²) < 4.78 is 4.59. The van der Waals surface area contributed by atoms with E-state index in [9.17, 15) is 14.4 Å². The van der Waals surface area contributed by atoms with E-state index in [-0.39, 0.29) is 5.57 Å². The number of hydrogen-bond donors (Lipinski definition) is 5. The quantitative estimate of drug-likeness (QED) is 0.292. The van der Waals surface area contributed by atoms with Crippen molar-refractivity contribution >= 4 is 28.9 Å². The van der Waals surface area contributed by atoms with Gasteiger partial charge in [-0.1, -0.05) is 24.8 Å². The summed E-state index contributed by atoms with van der Waals surface area (Å²) in [5.74, 6) is -1.59. The van der Waals surface area contributed by atoms with Gasteiger partial charge in [-0.25, -0.2) is 9.59 Å². The van der Waals surface area contributed by atoms with Gasteiger partial charge in [0.2, 0.25) is 0 Å². The predicted molar refractivity (Wildman–Crippen MR) is 99.1 cm³/mol. The van der Waals surface area contributed by atoms with Gasteiger partial charge in [0.25, 0.3) is 0 Å². The fourth-order valence-electron chi connectivity index (χ4n) is 2.09. The average molecular weight is 377 g/mol. The summed E-state index contributed by atoms with van der Waals surface area (Å²) in [6.45, 7) is 6.23. The number of aromatic nitrogens is 1. The van der Waals surface area contributed by atoms with Crippen molar-refractivity contribution < 1.29 is 29.3 Å². The highest BCUT2D eigenvalue weighted by Gasteiger charge is 2.14. The lowest BCUT2D eigenvalue weighted by atomic mass is 10.1. The third-order valence-electron chi connectivity index (χ3n) is 3.39. The van der Waals surface area contributed by atoms with Crippen molar-refractivity contribution in [3.63, 3.8) is 0 Å². The monoisotopic (exact) mass is 377 g/mol. The molecule has 0 fully saturated rings. The number of nitrogens with two attached hydrogens (primary N) is 1. The molecule has 2 unspecified atom stereocenters. The van der Waals surface area contributed by atoms with E-state index >= 15 is 0 Å². The second-order valence-electron chi connectivity index (χ2n) is 5.79. The van der Waals surface area contributed by atoms with E-state index in [4.69, 9.17) is 15.9 Å². The van der Waals surface area contributed by atoms with Crippen molar-refractivity contribution in [3.8, 4) is 0 Å². The zero-order valence-corrected chi connectivity index (χ0v) is 15.1. The van der Waals surface area contributed by atoms with Gasteiger partial charge in [-0.2, -0.15) is 0 Å². The number of H-pyrrole nitrogens is 1. The minimum Gasteiger partial charge on any atom is -0.480 e. The lowest BCUT2D eigenvalue weighted by Crippen LogP contribution is -2.35. The Morgan fingerprint density at radius 1 is 1.30 bits per heavy atom. The van der Waals surface area contributed by atoms with Crippen LogP contribution in [0.1, 0.15) is 19.4 Å². The van der Waals surface area contributed by atoms with Crippen LogP contribution in [0.4, 0.5) is 4.79 Å². The van der Waals surface area contributed by atoms with Crippen molar-refractivity contribution in [1.29, 1.82) is 0 Å². The first-order chi connectivity index (χ1) is 12.6. The number of amides is 1. The molecule has 0 aliphatic heterocycles. The van der Waals surface area contributed by atoms with Crippen LogP contribution in [0.5, 0.6) is 0 Å². The van der Waals surface area contributed by atoms with E-state index in [0.717, 1.165) is 16.5 Å². The molecule has 1 heterocycles. The molecule has 0 aliphatic carbocycles. The number of esters is 1. The van der Waals surface area contributed by atoms with Crippen molar-refractivity contribution in [1.82, 2.24) is 10.3 Å². The molecule has 0 saturated heterocycles. The molecule has 6 N–H and O–H groups in total. The van der Waals surface area contributed by atoms with Crippen molar-refractivity contribution in [3.05, 3.63) is 48.2 Å². The predicted octanol–water partition coefficient (Wildman–Crippen LogP) is 1.84. The number of aromatic amines is 1. The highest BCUT2D eigenvalue weighted by Crippen LogP contribution is 2.18. The fraction of sp³-hybridized carbons (Fsp3) is 0.278. The van der Waals surface area contributed by atoms with Gasteiger partial charge in [0.1, 0.15) is 6.04 Å². The van der Waals surface area contributed by atoms with Crippen LogP contribution >= 0.6 is 0 Å². The van der Waals surface area contributed by atoms with Crippen LogP contribution in [0, 0.1) is 0 Å². The van der Waals surface area contributed by atoms with Gasteiger partial charge in [-0.3, -0.25) is 10.1 Å². The molecule has 27 heavy (non-hydrogen) atoms. The lowest BCUT2D eigenvalue weighted by Gasteiger charge is -2.11. The topological polar surface area (TPSA) is 155 Å². The van der Waals surface area contributed by atoms with E-state index in [2.05, 4.69) is 16.3 Å². The third-order valence-corrected chi connectivity index (χ3v) is 3.39. The number of carbonyl (C=O) groups excluding carboxylic acids is 1. The largest absolute Gasteiger partial charge is 0.480 e. The van der Waals surface area contributed by atoms with Gasteiger partial charge in [0.15, 0.2) is 6.23 Å². The van der Waals surface area contributed by atoms with Crippen molar-refractivity contribution in [2.24, 2.45) is 5.73 Å². The van der Waals surface area contributed by atoms with E-state index in [1.807, 2.05) is 35.8 Å². The Hall–Kier alpha value is -3.33. The molecule has 1 amide bonds. The minimum absolute atomic E-state index is 0.231. The normalized spacial score (nSPS) is 12.3. The maximum atomic E-state index is 10.8. The van der Waals surface area contributed by atoms with E-state index < -0.39 is 30.3 Å². The molecule has 1 aromatic carbocycles. The highest BCUT2D eigenvalue weighted by molar-refractivity contribution is 5.87. The van der Waals surface area contributed by atoms with Gasteiger partial charge in [-0.15, -0.1) is 0 Å². The summed E-state index contributed by atoms with van der Waals surface area (Å²) in [5, 5.41) is 19.9. The Bertz CT molecular complexity index is 829. The number of carboxylic acids is 1. The first-order valence-electron chi connectivity index (χ1n) is 8.01. The maximum absolute atomic E-state index is 10.8. The third kappa shape index (κ3) is 7.20. The van der Waals surface area contributed by atoms with Crippen LogP contribution in [-0.2, 0) is 20.7 Å². The van der Waals surface area contributed by atoms with Crippen LogP contribution < -0.4 is 11.1 Å². The van der Waals surface area contributed by atoms with E-state index in [0.29, 0.717) is 6.42 Å². The number of hydrogen-bond acceptors (Lipinski definition) is 5. The molecular weight excluding hydrogens is 354 g/mol. The number of benzene rings is 1.